The predicted molar refractivity (Wildman–Crippen MR) is 81.3 cm³/mol. The predicted octanol–water partition coefficient (Wildman–Crippen LogP) is 2.58. The van der Waals surface area contributed by atoms with E-state index in [9.17, 15) is 4.79 Å². The zero-order valence-corrected chi connectivity index (χ0v) is 12.4. The van der Waals surface area contributed by atoms with E-state index in [2.05, 4.69) is 19.2 Å². The Morgan fingerprint density at radius 2 is 2.15 bits per heavy atom. The maximum Gasteiger partial charge on any atom is 0.230 e. The largest absolute Gasteiger partial charge is 0.491 e. The first-order valence-electron chi connectivity index (χ1n) is 7.51. The molecule has 0 saturated heterocycles. The minimum atomic E-state index is 0.147. The Morgan fingerprint density at radius 3 is 2.90 bits per heavy atom. The Kier molecular flexibility index (Phi) is 5.41. The van der Waals surface area contributed by atoms with Crippen molar-refractivity contribution in [2.24, 2.45) is 0 Å². The van der Waals surface area contributed by atoms with E-state index in [1.807, 2.05) is 29.2 Å². The molecule has 1 N–H and O–H groups in total. The lowest BCUT2D eigenvalue weighted by atomic mass is 10.1. The lowest BCUT2D eigenvalue weighted by molar-refractivity contribution is -0.118. The van der Waals surface area contributed by atoms with Crippen molar-refractivity contribution < 1.29 is 9.53 Å². The summed E-state index contributed by atoms with van der Waals surface area (Å²) in [6.07, 6.45) is 2.62. The molecule has 1 heterocycles. The molecule has 1 aromatic rings. The molecule has 1 unspecified atom stereocenters. The van der Waals surface area contributed by atoms with Crippen LogP contribution in [-0.2, 0) is 4.79 Å². The van der Waals surface area contributed by atoms with Crippen LogP contribution >= 0.6 is 0 Å². The first-order chi connectivity index (χ1) is 9.76. The molecule has 110 valence electrons. The van der Waals surface area contributed by atoms with Crippen molar-refractivity contribution in [3.05, 3.63) is 24.3 Å². The average Bonchev–Trinajstić information content (AvgIpc) is 2.60. The van der Waals surface area contributed by atoms with Crippen LogP contribution in [0.4, 0.5) is 5.69 Å². The van der Waals surface area contributed by atoms with Crippen LogP contribution in [0.5, 0.6) is 5.75 Å². The van der Waals surface area contributed by atoms with E-state index >= 15 is 0 Å². The molecular weight excluding hydrogens is 252 g/mol. The van der Waals surface area contributed by atoms with Crippen molar-refractivity contribution in [2.45, 2.75) is 39.2 Å². The van der Waals surface area contributed by atoms with Gasteiger partial charge in [-0.15, -0.1) is 0 Å². The first kappa shape index (κ1) is 14.9. The highest BCUT2D eigenvalue weighted by Crippen LogP contribution is 2.31. The van der Waals surface area contributed by atoms with E-state index in [4.69, 9.17) is 4.74 Å². The molecule has 0 spiro atoms. The molecular formula is C16H24N2O2. The highest BCUT2D eigenvalue weighted by atomic mass is 16.5. The summed E-state index contributed by atoms with van der Waals surface area (Å²) >= 11 is 0. The van der Waals surface area contributed by atoms with E-state index in [0.717, 1.165) is 30.8 Å². The fourth-order valence-electron chi connectivity index (χ4n) is 2.64. The van der Waals surface area contributed by atoms with Gasteiger partial charge in [0.05, 0.1) is 18.7 Å². The minimum Gasteiger partial charge on any atom is -0.491 e. The Labute approximate surface area is 121 Å². The van der Waals surface area contributed by atoms with Gasteiger partial charge < -0.3 is 15.0 Å². The molecule has 0 saturated carbocycles. The Balaban J connectivity index is 2.20. The zero-order valence-electron chi connectivity index (χ0n) is 12.4. The monoisotopic (exact) mass is 276 g/mol. The van der Waals surface area contributed by atoms with E-state index in [0.29, 0.717) is 25.6 Å². The number of hydrogen-bond acceptors (Lipinski definition) is 3. The molecule has 0 aliphatic carbocycles. The number of amides is 1. The van der Waals surface area contributed by atoms with Gasteiger partial charge in [0.25, 0.3) is 0 Å². The molecule has 2 rings (SSSR count). The van der Waals surface area contributed by atoms with Crippen LogP contribution < -0.4 is 15.0 Å². The SMILES string of the molecule is CCCC(CN1C(=O)CCOc2ccccc21)NCC. The summed E-state index contributed by atoms with van der Waals surface area (Å²) in [5.41, 5.74) is 0.897. The molecule has 0 aromatic heterocycles. The molecule has 1 aliphatic rings. The van der Waals surface area contributed by atoms with Crippen molar-refractivity contribution in [2.75, 3.05) is 24.6 Å². The number of carbonyl (C=O) groups excluding carboxylic acids is 1. The zero-order chi connectivity index (χ0) is 14.4. The van der Waals surface area contributed by atoms with Crippen molar-refractivity contribution in [3.63, 3.8) is 0 Å². The summed E-state index contributed by atoms with van der Waals surface area (Å²) in [7, 11) is 0. The molecule has 1 amide bonds. The average molecular weight is 276 g/mol. The van der Waals surface area contributed by atoms with Crippen molar-refractivity contribution in [1.29, 1.82) is 0 Å². The lowest BCUT2D eigenvalue weighted by Crippen LogP contribution is -2.43. The topological polar surface area (TPSA) is 41.6 Å². The number of carbonyl (C=O) groups is 1. The Bertz CT molecular complexity index is 442. The van der Waals surface area contributed by atoms with E-state index in [1.54, 1.807) is 0 Å². The number of ether oxygens (including phenoxy) is 1. The van der Waals surface area contributed by atoms with Crippen LogP contribution in [0.15, 0.2) is 24.3 Å². The second-order valence-corrected chi connectivity index (χ2v) is 5.11. The molecule has 0 bridgehead atoms. The Morgan fingerprint density at radius 1 is 1.35 bits per heavy atom. The first-order valence-corrected chi connectivity index (χ1v) is 7.51. The van der Waals surface area contributed by atoms with Crippen LogP contribution in [0.25, 0.3) is 0 Å². The highest BCUT2D eigenvalue weighted by Gasteiger charge is 2.25. The third kappa shape index (κ3) is 3.51. The van der Waals surface area contributed by atoms with Crippen LogP contribution in [0.1, 0.15) is 33.1 Å². The fourth-order valence-corrected chi connectivity index (χ4v) is 2.64. The minimum absolute atomic E-state index is 0.147. The maximum absolute atomic E-state index is 12.3. The molecule has 0 radical (unpaired) electrons. The number of likely N-dealkylation sites (N-methyl/N-ethyl adjacent to an activating group) is 1. The quantitative estimate of drug-likeness (QED) is 0.868. The van der Waals surface area contributed by atoms with Gasteiger partial charge in [0.2, 0.25) is 5.91 Å². The number of hydrogen-bond donors (Lipinski definition) is 1. The summed E-state index contributed by atoms with van der Waals surface area (Å²) in [6.45, 7) is 6.37. The second-order valence-electron chi connectivity index (χ2n) is 5.11. The van der Waals surface area contributed by atoms with E-state index < -0.39 is 0 Å². The van der Waals surface area contributed by atoms with Crippen LogP contribution in [0.2, 0.25) is 0 Å². The Hall–Kier alpha value is -1.55. The van der Waals surface area contributed by atoms with Crippen LogP contribution in [-0.4, -0.2) is 31.6 Å². The summed E-state index contributed by atoms with van der Waals surface area (Å²) in [5, 5.41) is 3.47. The highest BCUT2D eigenvalue weighted by molar-refractivity contribution is 5.95. The smallest absolute Gasteiger partial charge is 0.230 e. The van der Waals surface area contributed by atoms with Crippen molar-refractivity contribution >= 4 is 11.6 Å². The number of rotatable bonds is 6. The molecule has 0 fully saturated rings. The molecule has 1 aromatic carbocycles. The third-order valence-electron chi connectivity index (χ3n) is 3.56. The fraction of sp³-hybridized carbons (Fsp3) is 0.562. The number of anilines is 1. The van der Waals surface area contributed by atoms with Gasteiger partial charge in [-0.05, 0) is 25.1 Å². The van der Waals surface area contributed by atoms with Gasteiger partial charge in [-0.25, -0.2) is 0 Å². The summed E-state index contributed by atoms with van der Waals surface area (Å²) < 4.78 is 5.67. The molecule has 1 aliphatic heterocycles. The summed E-state index contributed by atoms with van der Waals surface area (Å²) in [6, 6.07) is 8.13. The van der Waals surface area contributed by atoms with E-state index in [1.165, 1.54) is 0 Å². The number of nitrogens with zero attached hydrogens (tertiary/aromatic N) is 1. The second kappa shape index (κ2) is 7.29. The van der Waals surface area contributed by atoms with Gasteiger partial charge in [-0.1, -0.05) is 32.4 Å². The normalized spacial score (nSPS) is 16.3. The van der Waals surface area contributed by atoms with Crippen molar-refractivity contribution in [1.82, 2.24) is 5.32 Å². The molecule has 4 heteroatoms. The van der Waals surface area contributed by atoms with Gasteiger partial charge in [0.15, 0.2) is 0 Å². The van der Waals surface area contributed by atoms with Crippen LogP contribution in [0.3, 0.4) is 0 Å². The number of para-hydroxylation sites is 2. The van der Waals surface area contributed by atoms with Gasteiger partial charge in [0, 0.05) is 12.6 Å². The van der Waals surface area contributed by atoms with Gasteiger partial charge in [-0.3, -0.25) is 4.79 Å². The molecule has 4 nitrogen and oxygen atoms in total. The molecule has 20 heavy (non-hydrogen) atoms. The standard InChI is InChI=1S/C16H24N2O2/c1-3-7-13(17-4-2)12-18-14-8-5-6-9-15(14)20-11-10-16(18)19/h5-6,8-9,13,17H,3-4,7,10-12H2,1-2H3. The summed E-state index contributed by atoms with van der Waals surface area (Å²) in [5.74, 6) is 0.957. The number of benzene rings is 1. The van der Waals surface area contributed by atoms with Crippen LogP contribution in [0, 0.1) is 0 Å². The molecule has 1 atom stereocenters. The van der Waals surface area contributed by atoms with Gasteiger partial charge >= 0.3 is 0 Å². The number of nitrogens with one attached hydrogen (secondary N) is 1. The van der Waals surface area contributed by atoms with Crippen molar-refractivity contribution in [3.8, 4) is 5.75 Å². The lowest BCUT2D eigenvalue weighted by Gasteiger charge is -2.27. The third-order valence-corrected chi connectivity index (χ3v) is 3.56. The van der Waals surface area contributed by atoms with Gasteiger partial charge in [0.1, 0.15) is 5.75 Å². The van der Waals surface area contributed by atoms with E-state index in [-0.39, 0.29) is 5.91 Å². The van der Waals surface area contributed by atoms with Gasteiger partial charge in [-0.2, -0.15) is 0 Å². The maximum atomic E-state index is 12.3. The summed E-state index contributed by atoms with van der Waals surface area (Å²) in [4.78, 5) is 14.2. The number of fused-ring (bicyclic) bond motifs is 1.